The zero-order valence-electron chi connectivity index (χ0n) is 14.3. The third kappa shape index (κ3) is 2.46. The Kier molecular flexibility index (Phi) is 3.56. The number of benzene rings is 2. The lowest BCUT2D eigenvalue weighted by molar-refractivity contribution is 0.415. The van der Waals surface area contributed by atoms with Gasteiger partial charge in [0.15, 0.2) is 0 Å². The van der Waals surface area contributed by atoms with Gasteiger partial charge in [-0.15, -0.1) is 0 Å². The number of nitrogens with one attached hydrogen (secondary N) is 1. The largest absolute Gasteiger partial charge is 0.497 e. The Morgan fingerprint density at radius 2 is 1.96 bits per heavy atom. The van der Waals surface area contributed by atoms with E-state index in [-0.39, 0.29) is 0 Å². The maximum absolute atomic E-state index is 5.34. The number of methoxy groups -OCH3 is 1. The van der Waals surface area contributed by atoms with Gasteiger partial charge in [0.2, 0.25) is 5.95 Å². The van der Waals surface area contributed by atoms with Crippen LogP contribution in [-0.4, -0.2) is 30.8 Å². The van der Waals surface area contributed by atoms with Crippen molar-refractivity contribution in [1.29, 1.82) is 0 Å². The highest BCUT2D eigenvalue weighted by Crippen LogP contribution is 2.33. The standard InChI is InChI=1S/C19H22N4O/c1-22(2)14-6-4-13(5-7-14)16-10-11-23-18-12-15(24-3)8-9-17(18)21-19(23)20-16/h4-9,12,16H,10-11H2,1-3H3,(H,20,21). The van der Waals surface area contributed by atoms with Crippen molar-refractivity contribution in [2.45, 2.75) is 19.0 Å². The highest BCUT2D eigenvalue weighted by Gasteiger charge is 2.22. The predicted octanol–water partition coefficient (Wildman–Crippen LogP) is 3.67. The lowest BCUT2D eigenvalue weighted by Crippen LogP contribution is -2.22. The maximum Gasteiger partial charge on any atom is 0.204 e. The van der Waals surface area contributed by atoms with E-state index in [0.717, 1.165) is 35.7 Å². The van der Waals surface area contributed by atoms with Gasteiger partial charge in [0, 0.05) is 32.4 Å². The highest BCUT2D eigenvalue weighted by molar-refractivity contribution is 5.80. The molecule has 2 aromatic carbocycles. The number of aromatic nitrogens is 2. The van der Waals surface area contributed by atoms with Crippen LogP contribution in [0.5, 0.6) is 5.75 Å². The number of anilines is 2. The van der Waals surface area contributed by atoms with Gasteiger partial charge in [-0.05, 0) is 36.2 Å². The second kappa shape index (κ2) is 5.74. The van der Waals surface area contributed by atoms with Crippen molar-refractivity contribution in [1.82, 2.24) is 9.55 Å². The molecule has 1 atom stereocenters. The first kappa shape index (κ1) is 14.9. The van der Waals surface area contributed by atoms with E-state index in [4.69, 9.17) is 9.72 Å². The summed E-state index contributed by atoms with van der Waals surface area (Å²) in [5, 5.41) is 3.59. The number of fused-ring (bicyclic) bond motifs is 3. The van der Waals surface area contributed by atoms with Gasteiger partial charge in [-0.2, -0.15) is 0 Å². The fourth-order valence-electron chi connectivity index (χ4n) is 3.31. The molecule has 1 aromatic heterocycles. The summed E-state index contributed by atoms with van der Waals surface area (Å²) in [6.07, 6.45) is 1.04. The van der Waals surface area contributed by atoms with Crippen molar-refractivity contribution in [3.8, 4) is 5.75 Å². The minimum absolute atomic E-state index is 0.299. The Morgan fingerprint density at radius 3 is 2.67 bits per heavy atom. The van der Waals surface area contributed by atoms with E-state index < -0.39 is 0 Å². The van der Waals surface area contributed by atoms with Crippen molar-refractivity contribution in [3.05, 3.63) is 48.0 Å². The molecule has 1 N–H and O–H groups in total. The average molecular weight is 322 g/mol. The summed E-state index contributed by atoms with van der Waals surface area (Å²) < 4.78 is 7.58. The molecule has 0 saturated carbocycles. The van der Waals surface area contributed by atoms with Gasteiger partial charge in [0.05, 0.1) is 24.2 Å². The van der Waals surface area contributed by atoms with Crippen molar-refractivity contribution < 1.29 is 4.74 Å². The van der Waals surface area contributed by atoms with Gasteiger partial charge in [0.25, 0.3) is 0 Å². The summed E-state index contributed by atoms with van der Waals surface area (Å²) in [5.41, 5.74) is 4.64. The number of rotatable bonds is 3. The molecule has 0 amide bonds. The Bertz CT molecular complexity index is 867. The highest BCUT2D eigenvalue weighted by atomic mass is 16.5. The molecule has 0 saturated heterocycles. The van der Waals surface area contributed by atoms with Crippen molar-refractivity contribution in [2.75, 3.05) is 31.4 Å². The van der Waals surface area contributed by atoms with Gasteiger partial charge in [-0.25, -0.2) is 4.98 Å². The Morgan fingerprint density at radius 1 is 1.17 bits per heavy atom. The zero-order chi connectivity index (χ0) is 16.7. The second-order valence-electron chi connectivity index (χ2n) is 6.41. The summed E-state index contributed by atoms with van der Waals surface area (Å²) in [4.78, 5) is 6.85. The summed E-state index contributed by atoms with van der Waals surface area (Å²) >= 11 is 0. The van der Waals surface area contributed by atoms with Crippen LogP contribution in [0.2, 0.25) is 0 Å². The van der Waals surface area contributed by atoms with Gasteiger partial charge in [0.1, 0.15) is 5.75 Å². The molecular weight excluding hydrogens is 300 g/mol. The fourth-order valence-corrected chi connectivity index (χ4v) is 3.31. The number of hydrogen-bond donors (Lipinski definition) is 1. The Labute approximate surface area is 141 Å². The van der Waals surface area contributed by atoms with E-state index in [9.17, 15) is 0 Å². The molecule has 0 fully saturated rings. The summed E-state index contributed by atoms with van der Waals surface area (Å²) in [6, 6.07) is 15.1. The minimum atomic E-state index is 0.299. The van der Waals surface area contributed by atoms with Gasteiger partial charge in [-0.1, -0.05) is 12.1 Å². The van der Waals surface area contributed by atoms with Gasteiger partial charge in [-0.3, -0.25) is 0 Å². The van der Waals surface area contributed by atoms with E-state index in [1.54, 1.807) is 7.11 Å². The first-order chi connectivity index (χ1) is 11.7. The molecule has 0 radical (unpaired) electrons. The Balaban J connectivity index is 1.63. The van der Waals surface area contributed by atoms with Gasteiger partial charge < -0.3 is 19.5 Å². The number of nitrogens with zero attached hydrogens (tertiary/aromatic N) is 3. The number of aryl methyl sites for hydroxylation is 1. The molecule has 3 aromatic rings. The summed E-state index contributed by atoms with van der Waals surface area (Å²) in [5.74, 6) is 1.80. The SMILES string of the molecule is COc1ccc2nc3n(c2c1)CCC(c1ccc(N(C)C)cc1)N3. The number of imidazole rings is 1. The van der Waals surface area contributed by atoms with E-state index >= 15 is 0 Å². The zero-order valence-corrected chi connectivity index (χ0v) is 14.3. The molecular formula is C19H22N4O. The van der Waals surface area contributed by atoms with Crippen molar-refractivity contribution >= 4 is 22.7 Å². The second-order valence-corrected chi connectivity index (χ2v) is 6.41. The molecule has 1 unspecified atom stereocenters. The molecule has 2 heterocycles. The van der Waals surface area contributed by atoms with Crippen LogP contribution in [-0.2, 0) is 6.54 Å². The smallest absolute Gasteiger partial charge is 0.204 e. The van der Waals surface area contributed by atoms with E-state index in [0.29, 0.717) is 6.04 Å². The minimum Gasteiger partial charge on any atom is -0.497 e. The van der Waals surface area contributed by atoms with Crippen LogP contribution >= 0.6 is 0 Å². The normalized spacial score (nSPS) is 16.5. The molecule has 124 valence electrons. The summed E-state index contributed by atoms with van der Waals surface area (Å²) in [7, 11) is 5.81. The first-order valence-electron chi connectivity index (χ1n) is 8.24. The number of hydrogen-bond acceptors (Lipinski definition) is 4. The van der Waals surface area contributed by atoms with Crippen LogP contribution in [0.15, 0.2) is 42.5 Å². The topological polar surface area (TPSA) is 42.3 Å². The molecule has 24 heavy (non-hydrogen) atoms. The van der Waals surface area contributed by atoms with Crippen molar-refractivity contribution in [2.24, 2.45) is 0 Å². The van der Waals surface area contributed by atoms with Crippen LogP contribution in [0.4, 0.5) is 11.6 Å². The van der Waals surface area contributed by atoms with Crippen LogP contribution in [0.25, 0.3) is 11.0 Å². The van der Waals surface area contributed by atoms with Crippen LogP contribution in [0.3, 0.4) is 0 Å². The van der Waals surface area contributed by atoms with E-state index in [1.165, 1.54) is 11.3 Å². The molecule has 4 rings (SSSR count). The molecule has 5 nitrogen and oxygen atoms in total. The van der Waals surface area contributed by atoms with Crippen LogP contribution in [0.1, 0.15) is 18.0 Å². The molecule has 0 bridgehead atoms. The van der Waals surface area contributed by atoms with Crippen LogP contribution in [0, 0.1) is 0 Å². The third-order valence-corrected chi connectivity index (χ3v) is 4.71. The summed E-state index contributed by atoms with van der Waals surface area (Å²) in [6.45, 7) is 0.950. The third-order valence-electron chi connectivity index (χ3n) is 4.71. The van der Waals surface area contributed by atoms with E-state index in [1.807, 2.05) is 12.1 Å². The Hall–Kier alpha value is -2.69. The average Bonchev–Trinajstić information content (AvgIpc) is 2.98. The first-order valence-corrected chi connectivity index (χ1v) is 8.24. The maximum atomic E-state index is 5.34. The molecule has 0 aliphatic carbocycles. The quantitative estimate of drug-likeness (QED) is 0.799. The van der Waals surface area contributed by atoms with Crippen LogP contribution < -0.4 is 15.0 Å². The molecule has 1 aliphatic rings. The molecule has 0 spiro atoms. The number of ether oxygens (including phenoxy) is 1. The lowest BCUT2D eigenvalue weighted by atomic mass is 10.0. The molecule has 1 aliphatic heterocycles. The van der Waals surface area contributed by atoms with Crippen molar-refractivity contribution in [3.63, 3.8) is 0 Å². The fraction of sp³-hybridized carbons (Fsp3) is 0.316. The monoisotopic (exact) mass is 322 g/mol. The molecule has 5 heteroatoms. The lowest BCUT2D eigenvalue weighted by Gasteiger charge is -2.26. The predicted molar refractivity (Wildman–Crippen MR) is 98.0 cm³/mol. The van der Waals surface area contributed by atoms with E-state index in [2.05, 4.69) is 59.2 Å². The van der Waals surface area contributed by atoms with Gasteiger partial charge >= 0.3 is 0 Å².